The van der Waals surface area contributed by atoms with Crippen molar-refractivity contribution in [2.45, 2.75) is 38.5 Å². The molecule has 0 aliphatic heterocycles. The molecule has 1 aliphatic carbocycles. The number of methoxy groups -OCH3 is 2. The number of hydrogen-bond acceptors (Lipinski definition) is 3. The van der Waals surface area contributed by atoms with Gasteiger partial charge in [0.1, 0.15) is 11.5 Å². The van der Waals surface area contributed by atoms with E-state index >= 15 is 0 Å². The van der Waals surface area contributed by atoms with Crippen molar-refractivity contribution in [1.29, 1.82) is 0 Å². The number of nitrogens with one attached hydrogen (secondary N) is 1. The van der Waals surface area contributed by atoms with Crippen LogP contribution in [0.5, 0.6) is 11.5 Å². The van der Waals surface area contributed by atoms with Gasteiger partial charge < -0.3 is 14.8 Å². The predicted octanol–water partition coefficient (Wildman–Crippen LogP) is 3.83. The van der Waals surface area contributed by atoms with Crippen LogP contribution in [0.15, 0.2) is 18.2 Å². The first-order valence-corrected chi connectivity index (χ1v) is 8.09. The molecule has 1 aromatic rings. The van der Waals surface area contributed by atoms with Crippen molar-refractivity contribution in [3.8, 4) is 11.5 Å². The maximum atomic E-state index is 5.62. The number of benzene rings is 1. The average molecular weight is 291 g/mol. The van der Waals surface area contributed by atoms with Gasteiger partial charge in [-0.3, -0.25) is 0 Å². The zero-order chi connectivity index (χ0) is 15.2. The van der Waals surface area contributed by atoms with Crippen LogP contribution in [0.4, 0.5) is 0 Å². The second kappa shape index (κ2) is 7.69. The van der Waals surface area contributed by atoms with Crippen LogP contribution in [0.2, 0.25) is 0 Å². The van der Waals surface area contributed by atoms with Gasteiger partial charge in [-0.2, -0.15) is 0 Å². The van der Waals surface area contributed by atoms with Gasteiger partial charge in [0.05, 0.1) is 14.2 Å². The third-order valence-corrected chi connectivity index (χ3v) is 4.98. The molecule has 0 radical (unpaired) electrons. The first-order chi connectivity index (χ1) is 10.2. The Bertz CT molecular complexity index is 447. The summed E-state index contributed by atoms with van der Waals surface area (Å²) in [5.74, 6) is 3.99. The van der Waals surface area contributed by atoms with Crippen LogP contribution < -0.4 is 14.8 Å². The summed E-state index contributed by atoms with van der Waals surface area (Å²) >= 11 is 0. The molecule has 1 saturated carbocycles. The highest BCUT2D eigenvalue weighted by Gasteiger charge is 2.32. The highest BCUT2D eigenvalue weighted by Crippen LogP contribution is 2.45. The second-order valence-electron chi connectivity index (χ2n) is 6.12. The standard InChI is InChI=1S/C18H29NO2/c1-5-13-6-7-14(12-19-2)16(10-13)17-11-15(20-3)8-9-18(17)21-4/h8-9,11,13-14,16,19H,5-7,10,12H2,1-4H3. The summed E-state index contributed by atoms with van der Waals surface area (Å²) in [7, 11) is 5.54. The number of hydrogen-bond donors (Lipinski definition) is 1. The Morgan fingerprint density at radius 3 is 2.62 bits per heavy atom. The lowest BCUT2D eigenvalue weighted by atomic mass is 9.70. The summed E-state index contributed by atoms with van der Waals surface area (Å²) < 4.78 is 11.0. The molecule has 0 bridgehead atoms. The Morgan fingerprint density at radius 1 is 1.19 bits per heavy atom. The maximum Gasteiger partial charge on any atom is 0.122 e. The van der Waals surface area contributed by atoms with E-state index < -0.39 is 0 Å². The van der Waals surface area contributed by atoms with Gasteiger partial charge >= 0.3 is 0 Å². The molecule has 0 amide bonds. The van der Waals surface area contributed by atoms with Gasteiger partial charge in [0.2, 0.25) is 0 Å². The Balaban J connectivity index is 2.33. The zero-order valence-corrected chi connectivity index (χ0v) is 13.8. The molecule has 3 atom stereocenters. The van der Waals surface area contributed by atoms with Gasteiger partial charge in [0, 0.05) is 5.56 Å². The molecule has 1 N–H and O–H groups in total. The number of rotatable bonds is 6. The van der Waals surface area contributed by atoms with Gasteiger partial charge in [-0.1, -0.05) is 19.8 Å². The molecule has 0 heterocycles. The minimum absolute atomic E-state index is 0.557. The molecule has 0 aromatic heterocycles. The van der Waals surface area contributed by atoms with Gasteiger partial charge in [-0.05, 0) is 62.4 Å². The van der Waals surface area contributed by atoms with Crippen molar-refractivity contribution in [2.75, 3.05) is 27.8 Å². The van der Waals surface area contributed by atoms with Crippen LogP contribution in [-0.2, 0) is 0 Å². The minimum Gasteiger partial charge on any atom is -0.497 e. The normalized spacial score (nSPS) is 25.6. The van der Waals surface area contributed by atoms with Crippen LogP contribution in [0.1, 0.15) is 44.1 Å². The van der Waals surface area contributed by atoms with Crippen molar-refractivity contribution in [3.05, 3.63) is 23.8 Å². The van der Waals surface area contributed by atoms with Crippen LogP contribution in [0.3, 0.4) is 0 Å². The fourth-order valence-electron chi connectivity index (χ4n) is 3.71. The van der Waals surface area contributed by atoms with E-state index in [2.05, 4.69) is 18.3 Å². The lowest BCUT2D eigenvalue weighted by Crippen LogP contribution is -2.30. The smallest absolute Gasteiger partial charge is 0.122 e. The van der Waals surface area contributed by atoms with E-state index in [0.29, 0.717) is 11.8 Å². The van der Waals surface area contributed by atoms with E-state index in [-0.39, 0.29) is 0 Å². The molecule has 2 rings (SSSR count). The summed E-state index contributed by atoms with van der Waals surface area (Å²) in [6, 6.07) is 6.19. The molecule has 3 nitrogen and oxygen atoms in total. The predicted molar refractivity (Wildman–Crippen MR) is 87.3 cm³/mol. The SMILES string of the molecule is CCC1CCC(CNC)C(c2cc(OC)ccc2OC)C1. The quantitative estimate of drug-likeness (QED) is 0.864. The van der Waals surface area contributed by atoms with Gasteiger partial charge in [-0.15, -0.1) is 0 Å². The molecule has 1 fully saturated rings. The fourth-order valence-corrected chi connectivity index (χ4v) is 3.71. The molecule has 3 unspecified atom stereocenters. The molecule has 3 heteroatoms. The third-order valence-electron chi connectivity index (χ3n) is 4.98. The minimum atomic E-state index is 0.557. The van der Waals surface area contributed by atoms with E-state index in [9.17, 15) is 0 Å². The third kappa shape index (κ3) is 3.70. The van der Waals surface area contributed by atoms with Crippen molar-refractivity contribution in [3.63, 3.8) is 0 Å². The van der Waals surface area contributed by atoms with Gasteiger partial charge in [-0.25, -0.2) is 0 Å². The van der Waals surface area contributed by atoms with E-state index in [0.717, 1.165) is 24.0 Å². The van der Waals surface area contributed by atoms with Crippen LogP contribution >= 0.6 is 0 Å². The molecular weight excluding hydrogens is 262 g/mol. The highest BCUT2D eigenvalue weighted by molar-refractivity contribution is 5.43. The van der Waals surface area contributed by atoms with Crippen molar-refractivity contribution in [1.82, 2.24) is 5.32 Å². The van der Waals surface area contributed by atoms with Gasteiger partial charge in [0.25, 0.3) is 0 Å². The fraction of sp³-hybridized carbons (Fsp3) is 0.667. The molecule has 21 heavy (non-hydrogen) atoms. The van der Waals surface area contributed by atoms with E-state index in [4.69, 9.17) is 9.47 Å². The molecular formula is C18H29NO2. The van der Waals surface area contributed by atoms with Crippen LogP contribution in [0.25, 0.3) is 0 Å². The Morgan fingerprint density at radius 2 is 2.00 bits per heavy atom. The van der Waals surface area contributed by atoms with Crippen LogP contribution in [-0.4, -0.2) is 27.8 Å². The Hall–Kier alpha value is -1.22. The van der Waals surface area contributed by atoms with Crippen molar-refractivity contribution >= 4 is 0 Å². The summed E-state index contributed by atoms with van der Waals surface area (Å²) in [5, 5.41) is 3.36. The summed E-state index contributed by atoms with van der Waals surface area (Å²) in [6.45, 7) is 3.38. The molecule has 0 saturated heterocycles. The first kappa shape index (κ1) is 16.2. The summed E-state index contributed by atoms with van der Waals surface area (Å²) in [6.07, 6.45) is 5.18. The zero-order valence-electron chi connectivity index (χ0n) is 13.8. The highest BCUT2D eigenvalue weighted by atomic mass is 16.5. The molecule has 1 aromatic carbocycles. The summed E-state index contributed by atoms with van der Waals surface area (Å²) in [4.78, 5) is 0. The monoisotopic (exact) mass is 291 g/mol. The lowest BCUT2D eigenvalue weighted by Gasteiger charge is -2.37. The lowest BCUT2D eigenvalue weighted by molar-refractivity contribution is 0.224. The van der Waals surface area contributed by atoms with E-state index in [1.165, 1.54) is 31.2 Å². The van der Waals surface area contributed by atoms with Crippen molar-refractivity contribution in [2.24, 2.45) is 11.8 Å². The Labute approximate surface area is 129 Å². The van der Waals surface area contributed by atoms with Crippen molar-refractivity contribution < 1.29 is 9.47 Å². The molecule has 1 aliphatic rings. The maximum absolute atomic E-state index is 5.62. The number of ether oxygens (including phenoxy) is 2. The van der Waals surface area contributed by atoms with E-state index in [1.807, 2.05) is 19.2 Å². The molecule has 118 valence electrons. The second-order valence-corrected chi connectivity index (χ2v) is 6.12. The summed E-state index contributed by atoms with van der Waals surface area (Å²) in [5.41, 5.74) is 1.32. The van der Waals surface area contributed by atoms with Crippen LogP contribution in [0, 0.1) is 11.8 Å². The Kier molecular flexibility index (Phi) is 5.92. The topological polar surface area (TPSA) is 30.5 Å². The first-order valence-electron chi connectivity index (χ1n) is 8.09. The molecule has 0 spiro atoms. The van der Waals surface area contributed by atoms with E-state index in [1.54, 1.807) is 14.2 Å². The van der Waals surface area contributed by atoms with Gasteiger partial charge in [0.15, 0.2) is 0 Å². The average Bonchev–Trinajstić information content (AvgIpc) is 2.54. The largest absolute Gasteiger partial charge is 0.497 e.